The summed E-state index contributed by atoms with van der Waals surface area (Å²) in [6, 6.07) is 17.7. The Morgan fingerprint density at radius 2 is 1.68 bits per heavy atom. The predicted octanol–water partition coefficient (Wildman–Crippen LogP) is 3.78. The summed E-state index contributed by atoms with van der Waals surface area (Å²) in [5.74, 6) is 3.20. The van der Waals surface area contributed by atoms with E-state index in [1.54, 1.807) is 14.2 Å². The number of nitrogens with zero attached hydrogens (tertiary/aromatic N) is 2. The summed E-state index contributed by atoms with van der Waals surface area (Å²) in [5.41, 5.74) is 2.57. The first-order chi connectivity index (χ1) is 15.2. The van der Waals surface area contributed by atoms with Gasteiger partial charge in [0.2, 0.25) is 0 Å². The van der Waals surface area contributed by atoms with Crippen LogP contribution in [0.1, 0.15) is 37.7 Å². The fraction of sp³-hybridized carbons (Fsp3) is 0.480. The molecule has 0 spiro atoms. The molecule has 2 unspecified atom stereocenters. The molecular weight excluding hydrogens is 388 g/mol. The van der Waals surface area contributed by atoms with E-state index in [9.17, 15) is 0 Å². The van der Waals surface area contributed by atoms with E-state index < -0.39 is 0 Å². The highest BCUT2D eigenvalue weighted by atomic mass is 16.5. The van der Waals surface area contributed by atoms with E-state index in [-0.39, 0.29) is 0 Å². The zero-order valence-corrected chi connectivity index (χ0v) is 18.8. The maximum absolute atomic E-state index is 5.43. The molecule has 6 nitrogen and oxygen atoms in total. The van der Waals surface area contributed by atoms with E-state index in [0.29, 0.717) is 18.0 Å². The molecule has 6 heteroatoms. The number of guanidine groups is 1. The molecule has 1 saturated heterocycles. The maximum atomic E-state index is 5.43. The summed E-state index contributed by atoms with van der Waals surface area (Å²) < 4.78 is 10.9. The van der Waals surface area contributed by atoms with Crippen LogP contribution in [0.25, 0.3) is 0 Å². The summed E-state index contributed by atoms with van der Waals surface area (Å²) in [4.78, 5) is 7.10. The van der Waals surface area contributed by atoms with Crippen molar-refractivity contribution >= 4 is 11.6 Å². The number of benzene rings is 2. The SMILES string of the molecule is CCN=C(NC1CCN(c2cc(OC)cc(OC)c2)CC1)NC1CC1c1ccccc1. The normalized spacial score (nSPS) is 21.5. The molecule has 166 valence electrons. The van der Waals surface area contributed by atoms with E-state index in [2.05, 4.69) is 64.9 Å². The minimum absolute atomic E-state index is 0.426. The number of hydrogen-bond donors (Lipinski definition) is 2. The van der Waals surface area contributed by atoms with Gasteiger partial charge in [-0.25, -0.2) is 0 Å². The number of piperidine rings is 1. The summed E-state index contributed by atoms with van der Waals surface area (Å²) >= 11 is 0. The van der Waals surface area contributed by atoms with Crippen molar-refractivity contribution in [2.45, 2.75) is 44.2 Å². The maximum Gasteiger partial charge on any atom is 0.191 e. The van der Waals surface area contributed by atoms with Gasteiger partial charge in [-0.2, -0.15) is 0 Å². The summed E-state index contributed by atoms with van der Waals surface area (Å²) in [6.45, 7) is 4.84. The molecule has 1 saturated carbocycles. The Balaban J connectivity index is 1.31. The fourth-order valence-corrected chi connectivity index (χ4v) is 4.34. The number of methoxy groups -OCH3 is 2. The standard InChI is InChI=1S/C25H34N4O2/c1-4-26-25(28-24-17-23(24)18-8-6-5-7-9-18)27-19-10-12-29(13-11-19)20-14-21(30-2)16-22(15-20)31-3/h5-9,14-16,19,23-24H,4,10-13,17H2,1-3H3,(H2,26,27,28). The minimum atomic E-state index is 0.426. The molecule has 0 bridgehead atoms. The van der Waals surface area contributed by atoms with E-state index in [0.717, 1.165) is 55.6 Å². The topological polar surface area (TPSA) is 58.1 Å². The van der Waals surface area contributed by atoms with Gasteiger partial charge >= 0.3 is 0 Å². The van der Waals surface area contributed by atoms with Gasteiger partial charge in [-0.1, -0.05) is 30.3 Å². The molecule has 1 aliphatic heterocycles. The van der Waals surface area contributed by atoms with Crippen molar-refractivity contribution in [2.24, 2.45) is 4.99 Å². The zero-order valence-electron chi connectivity index (χ0n) is 18.8. The molecule has 2 N–H and O–H groups in total. The molecule has 0 aromatic heterocycles. The third-order valence-electron chi connectivity index (χ3n) is 6.19. The number of anilines is 1. The van der Waals surface area contributed by atoms with Crippen LogP contribution >= 0.6 is 0 Å². The Labute approximate surface area is 185 Å². The average molecular weight is 423 g/mol. The molecule has 2 aliphatic rings. The molecule has 0 radical (unpaired) electrons. The lowest BCUT2D eigenvalue weighted by atomic mass is 10.0. The Morgan fingerprint density at radius 3 is 2.29 bits per heavy atom. The molecule has 2 fully saturated rings. The first-order valence-corrected chi connectivity index (χ1v) is 11.3. The third kappa shape index (κ3) is 5.43. The average Bonchev–Trinajstić information content (AvgIpc) is 3.59. The lowest BCUT2D eigenvalue weighted by molar-refractivity contribution is 0.393. The van der Waals surface area contributed by atoms with Gasteiger partial charge < -0.3 is 25.0 Å². The molecule has 2 aromatic carbocycles. The van der Waals surface area contributed by atoms with Crippen LogP contribution < -0.4 is 25.0 Å². The van der Waals surface area contributed by atoms with Crippen LogP contribution in [-0.2, 0) is 0 Å². The zero-order chi connectivity index (χ0) is 21.6. The lowest BCUT2D eigenvalue weighted by Crippen LogP contribution is -2.49. The van der Waals surface area contributed by atoms with Gasteiger partial charge in [-0.05, 0) is 31.7 Å². The largest absolute Gasteiger partial charge is 0.497 e. The second-order valence-corrected chi connectivity index (χ2v) is 8.30. The highest BCUT2D eigenvalue weighted by Crippen LogP contribution is 2.40. The summed E-state index contributed by atoms with van der Waals surface area (Å²) in [6.07, 6.45) is 3.30. The first-order valence-electron chi connectivity index (χ1n) is 11.3. The van der Waals surface area contributed by atoms with Gasteiger partial charge in [0.05, 0.1) is 14.2 Å². The minimum Gasteiger partial charge on any atom is -0.497 e. The van der Waals surface area contributed by atoms with E-state index >= 15 is 0 Å². The molecule has 4 rings (SSSR count). The highest BCUT2D eigenvalue weighted by molar-refractivity contribution is 5.81. The van der Waals surface area contributed by atoms with Crippen LogP contribution in [0.4, 0.5) is 5.69 Å². The number of rotatable bonds is 7. The Bertz CT molecular complexity index is 856. The second-order valence-electron chi connectivity index (χ2n) is 8.30. The van der Waals surface area contributed by atoms with E-state index in [4.69, 9.17) is 14.5 Å². The Hall–Kier alpha value is -2.89. The van der Waals surface area contributed by atoms with E-state index in [1.807, 2.05) is 6.07 Å². The number of ether oxygens (including phenoxy) is 2. The summed E-state index contributed by atoms with van der Waals surface area (Å²) in [5, 5.41) is 7.33. The van der Waals surface area contributed by atoms with Gasteiger partial charge in [0.15, 0.2) is 5.96 Å². The van der Waals surface area contributed by atoms with Gasteiger partial charge in [0.1, 0.15) is 11.5 Å². The molecule has 31 heavy (non-hydrogen) atoms. The van der Waals surface area contributed by atoms with Gasteiger partial charge in [0.25, 0.3) is 0 Å². The lowest BCUT2D eigenvalue weighted by Gasteiger charge is -2.35. The van der Waals surface area contributed by atoms with Crippen LogP contribution in [0.2, 0.25) is 0 Å². The van der Waals surface area contributed by atoms with Crippen molar-refractivity contribution in [3.05, 3.63) is 54.1 Å². The first kappa shape index (κ1) is 21.3. The number of aliphatic imine (C=N–C) groups is 1. The Kier molecular flexibility index (Phi) is 6.85. The van der Waals surface area contributed by atoms with Crippen LogP contribution in [0.5, 0.6) is 11.5 Å². The molecule has 0 amide bonds. The predicted molar refractivity (Wildman–Crippen MR) is 127 cm³/mol. The van der Waals surface area contributed by atoms with Crippen molar-refractivity contribution in [1.82, 2.24) is 10.6 Å². The highest BCUT2D eigenvalue weighted by Gasteiger charge is 2.39. The van der Waals surface area contributed by atoms with Gasteiger partial charge in [-0.3, -0.25) is 4.99 Å². The smallest absolute Gasteiger partial charge is 0.191 e. The molecule has 2 atom stereocenters. The van der Waals surface area contributed by atoms with Crippen molar-refractivity contribution in [3.8, 4) is 11.5 Å². The van der Waals surface area contributed by atoms with Crippen LogP contribution in [0.15, 0.2) is 53.5 Å². The molecular formula is C25H34N4O2. The van der Waals surface area contributed by atoms with Crippen molar-refractivity contribution in [2.75, 3.05) is 38.8 Å². The number of hydrogen-bond acceptors (Lipinski definition) is 4. The second kappa shape index (κ2) is 9.94. The Morgan fingerprint density at radius 1 is 1.00 bits per heavy atom. The van der Waals surface area contributed by atoms with E-state index in [1.165, 1.54) is 12.0 Å². The van der Waals surface area contributed by atoms with Crippen molar-refractivity contribution < 1.29 is 9.47 Å². The number of nitrogens with one attached hydrogen (secondary N) is 2. The molecule has 2 aromatic rings. The van der Waals surface area contributed by atoms with Crippen LogP contribution in [0, 0.1) is 0 Å². The van der Waals surface area contributed by atoms with Gasteiger partial charge in [-0.15, -0.1) is 0 Å². The van der Waals surface area contributed by atoms with Gasteiger partial charge in [0, 0.05) is 61.5 Å². The van der Waals surface area contributed by atoms with Crippen LogP contribution in [0.3, 0.4) is 0 Å². The third-order valence-corrected chi connectivity index (χ3v) is 6.19. The summed E-state index contributed by atoms with van der Waals surface area (Å²) in [7, 11) is 3.39. The quantitative estimate of drug-likeness (QED) is 0.525. The fourth-order valence-electron chi connectivity index (χ4n) is 4.34. The van der Waals surface area contributed by atoms with Crippen LogP contribution in [-0.4, -0.2) is 51.9 Å². The molecule has 1 aliphatic carbocycles. The molecule has 1 heterocycles. The van der Waals surface area contributed by atoms with Crippen molar-refractivity contribution in [1.29, 1.82) is 0 Å². The monoisotopic (exact) mass is 422 g/mol. The van der Waals surface area contributed by atoms with Crippen molar-refractivity contribution in [3.63, 3.8) is 0 Å².